The van der Waals surface area contributed by atoms with Gasteiger partial charge in [0.15, 0.2) is 0 Å². The Morgan fingerprint density at radius 1 is 0.933 bits per heavy atom. The van der Waals surface area contributed by atoms with Crippen LogP contribution in [0.4, 0.5) is 15.8 Å². The molecular formula is C25H23FN2O2. The quantitative estimate of drug-likeness (QED) is 0.592. The number of benzene rings is 3. The number of hydrogen-bond donors (Lipinski definition) is 0. The molecule has 0 bridgehead atoms. The van der Waals surface area contributed by atoms with Crippen LogP contribution in [0.15, 0.2) is 78.9 Å². The molecule has 3 aromatic rings. The van der Waals surface area contributed by atoms with Crippen LogP contribution in [0.25, 0.3) is 0 Å². The van der Waals surface area contributed by atoms with Crippen LogP contribution in [-0.2, 0) is 4.79 Å². The normalized spacial score (nSPS) is 17.9. The molecule has 4 nitrogen and oxygen atoms in total. The summed E-state index contributed by atoms with van der Waals surface area (Å²) in [5.41, 5.74) is 2.96. The largest absolute Gasteiger partial charge is 0.305 e. The molecule has 0 fully saturated rings. The lowest BCUT2D eigenvalue weighted by Crippen LogP contribution is -2.47. The van der Waals surface area contributed by atoms with E-state index in [1.165, 1.54) is 24.3 Å². The van der Waals surface area contributed by atoms with E-state index in [2.05, 4.69) is 0 Å². The predicted molar refractivity (Wildman–Crippen MR) is 116 cm³/mol. The zero-order chi connectivity index (χ0) is 21.3. The number of hydrogen-bond acceptors (Lipinski definition) is 2. The zero-order valence-electron chi connectivity index (χ0n) is 17.0. The van der Waals surface area contributed by atoms with E-state index in [4.69, 9.17) is 0 Å². The van der Waals surface area contributed by atoms with Crippen molar-refractivity contribution in [3.05, 3.63) is 95.8 Å². The number of halogens is 1. The van der Waals surface area contributed by atoms with Crippen LogP contribution in [0.2, 0.25) is 0 Å². The molecule has 0 saturated carbocycles. The second-order valence-corrected chi connectivity index (χ2v) is 7.57. The van der Waals surface area contributed by atoms with Gasteiger partial charge >= 0.3 is 0 Å². The maximum atomic E-state index is 13.3. The van der Waals surface area contributed by atoms with Gasteiger partial charge in [-0.15, -0.1) is 0 Å². The number of amides is 2. The minimum absolute atomic E-state index is 0.0495. The van der Waals surface area contributed by atoms with E-state index in [1.807, 2.05) is 61.5 Å². The molecule has 2 amide bonds. The van der Waals surface area contributed by atoms with Gasteiger partial charge in [-0.25, -0.2) is 4.39 Å². The summed E-state index contributed by atoms with van der Waals surface area (Å²) >= 11 is 0. The molecule has 0 N–H and O–H groups in total. The molecule has 4 rings (SSSR count). The Labute approximate surface area is 175 Å². The summed E-state index contributed by atoms with van der Waals surface area (Å²) in [4.78, 5) is 29.5. The number of anilines is 2. The van der Waals surface area contributed by atoms with Gasteiger partial charge < -0.3 is 9.80 Å². The van der Waals surface area contributed by atoms with Crippen LogP contribution in [0.3, 0.4) is 0 Å². The number of rotatable bonds is 3. The van der Waals surface area contributed by atoms with Gasteiger partial charge in [0.05, 0.1) is 6.04 Å². The third-order valence-electron chi connectivity index (χ3n) is 5.56. The summed E-state index contributed by atoms with van der Waals surface area (Å²) in [5, 5.41) is 0. The topological polar surface area (TPSA) is 40.6 Å². The van der Waals surface area contributed by atoms with Gasteiger partial charge in [-0.05, 0) is 61.4 Å². The minimum Gasteiger partial charge on any atom is -0.305 e. The summed E-state index contributed by atoms with van der Waals surface area (Å²) < 4.78 is 13.3. The highest BCUT2D eigenvalue weighted by atomic mass is 19.1. The predicted octanol–water partition coefficient (Wildman–Crippen LogP) is 5.36. The summed E-state index contributed by atoms with van der Waals surface area (Å²) in [6.45, 7) is 3.55. The first kappa shape index (κ1) is 19.8. The van der Waals surface area contributed by atoms with Crippen molar-refractivity contribution >= 4 is 23.2 Å². The maximum absolute atomic E-state index is 13.3. The van der Waals surface area contributed by atoms with Crippen LogP contribution < -0.4 is 9.80 Å². The van der Waals surface area contributed by atoms with Crippen molar-refractivity contribution in [3.8, 4) is 0 Å². The van der Waals surface area contributed by atoms with Crippen molar-refractivity contribution in [1.29, 1.82) is 0 Å². The van der Waals surface area contributed by atoms with Crippen molar-refractivity contribution in [3.63, 3.8) is 0 Å². The maximum Gasteiger partial charge on any atom is 0.258 e. The van der Waals surface area contributed by atoms with Crippen molar-refractivity contribution < 1.29 is 14.0 Å². The van der Waals surface area contributed by atoms with Gasteiger partial charge in [-0.2, -0.15) is 0 Å². The molecule has 0 aliphatic carbocycles. The molecule has 3 aromatic carbocycles. The average Bonchev–Trinajstić information content (AvgIpc) is 2.74. The lowest BCUT2D eigenvalue weighted by Gasteiger charge is -2.43. The Morgan fingerprint density at radius 3 is 2.23 bits per heavy atom. The summed E-state index contributed by atoms with van der Waals surface area (Å²) in [5.74, 6) is -0.604. The monoisotopic (exact) mass is 402 g/mol. The second-order valence-electron chi connectivity index (χ2n) is 7.57. The molecule has 1 aliphatic heterocycles. The van der Waals surface area contributed by atoms with Crippen LogP contribution in [-0.4, -0.2) is 17.9 Å². The van der Waals surface area contributed by atoms with Crippen molar-refractivity contribution in [2.24, 2.45) is 0 Å². The third kappa shape index (κ3) is 3.59. The SMILES string of the molecule is CC(=O)N(c1ccccc1)[C@@H]1C[C@@H](C)N(C(=O)c2ccc(F)cc2)c2ccccc21. The van der Waals surface area contributed by atoms with Crippen molar-refractivity contribution in [2.45, 2.75) is 32.4 Å². The standard InChI is InChI=1S/C25H23FN2O2/c1-17-16-24(28(18(2)29)21-8-4-3-5-9-21)22-10-6-7-11-23(22)27(17)25(30)19-12-14-20(26)15-13-19/h3-15,17,24H,16H2,1-2H3/t17-,24-/m1/s1. The molecule has 1 aliphatic rings. The first-order valence-corrected chi connectivity index (χ1v) is 10.00. The van der Waals surface area contributed by atoms with Crippen LogP contribution in [0.5, 0.6) is 0 Å². The minimum atomic E-state index is -0.376. The highest BCUT2D eigenvalue weighted by Crippen LogP contribution is 2.42. The van der Waals surface area contributed by atoms with E-state index in [9.17, 15) is 14.0 Å². The fourth-order valence-electron chi connectivity index (χ4n) is 4.24. The number of para-hydroxylation sites is 2. The lowest BCUT2D eigenvalue weighted by atomic mass is 9.89. The van der Waals surface area contributed by atoms with Gasteiger partial charge in [0, 0.05) is 29.9 Å². The van der Waals surface area contributed by atoms with E-state index in [-0.39, 0.29) is 29.7 Å². The smallest absolute Gasteiger partial charge is 0.258 e. The first-order valence-electron chi connectivity index (χ1n) is 10.00. The van der Waals surface area contributed by atoms with E-state index in [1.54, 1.807) is 16.7 Å². The highest BCUT2D eigenvalue weighted by molar-refractivity contribution is 6.07. The first-order chi connectivity index (χ1) is 14.5. The fraction of sp³-hybridized carbons (Fsp3) is 0.200. The molecule has 0 saturated heterocycles. The van der Waals surface area contributed by atoms with E-state index >= 15 is 0 Å². The number of carbonyl (C=O) groups excluding carboxylic acids is 2. The molecule has 0 unspecified atom stereocenters. The Hall–Kier alpha value is -3.47. The number of fused-ring (bicyclic) bond motifs is 1. The molecule has 0 spiro atoms. The molecular weight excluding hydrogens is 379 g/mol. The molecule has 5 heteroatoms. The van der Waals surface area contributed by atoms with E-state index in [0.29, 0.717) is 12.0 Å². The van der Waals surface area contributed by atoms with Crippen LogP contribution in [0.1, 0.15) is 42.2 Å². The molecule has 1 heterocycles. The molecule has 152 valence electrons. The van der Waals surface area contributed by atoms with Crippen LogP contribution in [0, 0.1) is 5.82 Å². The average molecular weight is 402 g/mol. The Morgan fingerprint density at radius 2 is 1.57 bits per heavy atom. The Bertz CT molecular complexity index is 1070. The van der Waals surface area contributed by atoms with Gasteiger partial charge in [0.1, 0.15) is 5.82 Å². The van der Waals surface area contributed by atoms with Crippen molar-refractivity contribution in [1.82, 2.24) is 0 Å². The number of nitrogens with zero attached hydrogens (tertiary/aromatic N) is 2. The van der Waals surface area contributed by atoms with Gasteiger partial charge in [0.25, 0.3) is 5.91 Å². The fourth-order valence-corrected chi connectivity index (χ4v) is 4.24. The summed E-state index contributed by atoms with van der Waals surface area (Å²) in [6, 6.07) is 22.5. The summed E-state index contributed by atoms with van der Waals surface area (Å²) in [7, 11) is 0. The van der Waals surface area contributed by atoms with Crippen molar-refractivity contribution in [2.75, 3.05) is 9.80 Å². The third-order valence-corrected chi connectivity index (χ3v) is 5.56. The highest BCUT2D eigenvalue weighted by Gasteiger charge is 2.38. The van der Waals surface area contributed by atoms with Gasteiger partial charge in [-0.1, -0.05) is 36.4 Å². The van der Waals surface area contributed by atoms with Crippen LogP contribution >= 0.6 is 0 Å². The van der Waals surface area contributed by atoms with Gasteiger partial charge in [0.2, 0.25) is 5.91 Å². The molecule has 0 aromatic heterocycles. The second kappa shape index (κ2) is 8.11. The molecule has 2 atom stereocenters. The van der Waals surface area contributed by atoms with Gasteiger partial charge in [-0.3, -0.25) is 9.59 Å². The Kier molecular flexibility index (Phi) is 5.36. The summed E-state index contributed by atoms with van der Waals surface area (Å²) in [6.07, 6.45) is 0.596. The van der Waals surface area contributed by atoms with E-state index in [0.717, 1.165) is 16.9 Å². The van der Waals surface area contributed by atoms with E-state index < -0.39 is 0 Å². The molecule has 30 heavy (non-hydrogen) atoms. The number of carbonyl (C=O) groups is 2. The molecule has 0 radical (unpaired) electrons. The lowest BCUT2D eigenvalue weighted by molar-refractivity contribution is -0.117. The Balaban J connectivity index is 1.77. The zero-order valence-corrected chi connectivity index (χ0v) is 17.0.